The first-order valence-corrected chi connectivity index (χ1v) is 24.0. The van der Waals surface area contributed by atoms with Gasteiger partial charge in [0.1, 0.15) is 30.0 Å². The van der Waals surface area contributed by atoms with Gasteiger partial charge in [0, 0.05) is 22.8 Å². The van der Waals surface area contributed by atoms with E-state index in [4.69, 9.17) is 36.9 Å². The molecule has 4 heterocycles. The molecule has 15 nitrogen and oxygen atoms in total. The molecule has 3 atom stereocenters. The first kappa shape index (κ1) is 43.8. The van der Waals surface area contributed by atoms with Crippen molar-refractivity contribution in [2.45, 2.75) is 103 Å². The number of esters is 1. The van der Waals surface area contributed by atoms with Gasteiger partial charge < -0.3 is 31.9 Å². The molecule has 2 aromatic heterocycles. The lowest BCUT2D eigenvalue weighted by Gasteiger charge is -2.51. The zero-order valence-corrected chi connectivity index (χ0v) is 37.6. The van der Waals surface area contributed by atoms with Crippen molar-refractivity contribution < 1.29 is 46.3 Å². The number of carbonyl (C=O) groups is 3. The minimum absolute atomic E-state index is 0.0129. The van der Waals surface area contributed by atoms with Gasteiger partial charge in [0.2, 0.25) is 0 Å². The first-order valence-electron chi connectivity index (χ1n) is 20.0. The van der Waals surface area contributed by atoms with E-state index in [9.17, 15) is 14.4 Å². The van der Waals surface area contributed by atoms with Crippen molar-refractivity contribution >= 4 is 51.9 Å². The van der Waals surface area contributed by atoms with Gasteiger partial charge in [0.25, 0.3) is 11.8 Å². The Morgan fingerprint density at radius 1 is 0.814 bits per heavy atom. The maximum Gasteiger partial charge on any atom is 0.335 e. The second kappa shape index (κ2) is 17.8. The number of imidazole rings is 1. The number of imide groups is 1. The molecule has 6 rings (SSSR count). The summed E-state index contributed by atoms with van der Waals surface area (Å²) < 4.78 is 46.3. The number of benzene rings is 2. The largest absolute Gasteiger partial charge is 0.497 e. The second-order valence-corrected chi connectivity index (χ2v) is 24.7. The summed E-state index contributed by atoms with van der Waals surface area (Å²) >= 11 is 0. The number of fused-ring (bicyclic) bond motifs is 2. The average Bonchev–Trinajstić information content (AvgIpc) is 3.78. The summed E-state index contributed by atoms with van der Waals surface area (Å²) in [5.41, 5.74) is 1.50. The van der Waals surface area contributed by atoms with Gasteiger partial charge >= 0.3 is 23.1 Å². The summed E-state index contributed by atoms with van der Waals surface area (Å²) in [7, 11) is -3.03. The lowest BCUT2D eigenvalue weighted by atomic mass is 10.1. The van der Waals surface area contributed by atoms with E-state index >= 15 is 0 Å². The van der Waals surface area contributed by atoms with E-state index in [2.05, 4.69) is 65.4 Å². The summed E-state index contributed by atoms with van der Waals surface area (Å²) in [6.07, 6.45) is 1.78. The number of methoxy groups -OCH3 is 2. The quantitative estimate of drug-likeness (QED) is 0.0592. The molecule has 316 valence electrons. The molecular weight excluding hydrogens is 791 g/mol. The molecule has 59 heavy (non-hydrogen) atoms. The maximum absolute atomic E-state index is 14.4. The molecule has 2 aromatic carbocycles. The number of anilines is 1. The molecule has 0 N–H and O–H groups in total. The van der Waals surface area contributed by atoms with Gasteiger partial charge in [-0.2, -0.15) is 0 Å². The Morgan fingerprint density at radius 3 is 1.85 bits per heavy atom. The third kappa shape index (κ3) is 8.23. The van der Waals surface area contributed by atoms with Gasteiger partial charge in [-0.05, 0) is 77.6 Å². The van der Waals surface area contributed by atoms with Crippen molar-refractivity contribution in [2.75, 3.05) is 32.3 Å². The van der Waals surface area contributed by atoms with Gasteiger partial charge in [0.15, 0.2) is 23.2 Å². The van der Waals surface area contributed by atoms with Gasteiger partial charge in [-0.15, -0.1) is 0 Å². The van der Waals surface area contributed by atoms with Crippen molar-refractivity contribution in [1.29, 1.82) is 0 Å². The van der Waals surface area contributed by atoms with Crippen LogP contribution in [0.3, 0.4) is 0 Å². The molecule has 2 aliphatic rings. The van der Waals surface area contributed by atoms with Crippen LogP contribution in [-0.4, -0.2) is 94.1 Å². The molecule has 0 saturated carbocycles. The van der Waals surface area contributed by atoms with Crippen molar-refractivity contribution in [3.05, 3.63) is 84.0 Å². The zero-order chi connectivity index (χ0) is 42.8. The monoisotopic (exact) mass is 845 g/mol. The van der Waals surface area contributed by atoms with E-state index in [-0.39, 0.29) is 63.5 Å². The second-order valence-electron chi connectivity index (χ2n) is 15.9. The van der Waals surface area contributed by atoms with E-state index in [0.717, 1.165) is 4.90 Å². The lowest BCUT2D eigenvalue weighted by molar-refractivity contribution is -0.137. The molecular formula is C42H55N5O10Si2. The Morgan fingerprint density at radius 2 is 1.36 bits per heavy atom. The van der Waals surface area contributed by atoms with Crippen LogP contribution in [0, 0.1) is 0 Å². The van der Waals surface area contributed by atoms with Crippen molar-refractivity contribution in [3.63, 3.8) is 0 Å². The van der Waals surface area contributed by atoms with Crippen molar-refractivity contribution in [1.82, 2.24) is 19.5 Å². The molecule has 0 aliphatic carbocycles. The van der Waals surface area contributed by atoms with Crippen LogP contribution in [0.1, 0.15) is 89.3 Å². The zero-order valence-electron chi connectivity index (χ0n) is 35.6. The average molecular weight is 846 g/mol. The highest BCUT2D eigenvalue weighted by atomic mass is 28.5. The fraction of sp³-hybridized carbons (Fsp3) is 0.476. The Labute approximate surface area is 347 Å². The number of hydrogen-bond acceptors (Lipinski definition) is 13. The number of rotatable bonds is 12. The predicted octanol–water partition coefficient (Wildman–Crippen LogP) is 7.67. The molecule has 0 bridgehead atoms. The smallest absolute Gasteiger partial charge is 0.335 e. The molecule has 0 radical (unpaired) electrons. The number of nitrogens with zero attached hydrogens (tertiary/aromatic N) is 5. The fourth-order valence-corrected chi connectivity index (χ4v) is 19.1. The highest BCUT2D eigenvalue weighted by molar-refractivity contribution is 6.84. The Balaban J connectivity index is 1.50. The summed E-state index contributed by atoms with van der Waals surface area (Å²) in [6, 6.07) is 12.8. The Hall–Kier alpha value is -4.79. The molecule has 2 fully saturated rings. The van der Waals surface area contributed by atoms with E-state index in [1.54, 1.807) is 60.0 Å². The van der Waals surface area contributed by atoms with Crippen LogP contribution in [0.2, 0.25) is 22.2 Å². The minimum atomic E-state index is -3.16. The predicted molar refractivity (Wildman–Crippen MR) is 225 cm³/mol. The van der Waals surface area contributed by atoms with Crippen LogP contribution in [0.15, 0.2) is 72.8 Å². The molecule has 4 aromatic rings. The van der Waals surface area contributed by atoms with Crippen LogP contribution < -0.4 is 14.4 Å². The molecule has 0 spiro atoms. The number of hydrogen-bond donors (Lipinski definition) is 0. The summed E-state index contributed by atoms with van der Waals surface area (Å²) in [5.74, 6) is -0.856. The van der Waals surface area contributed by atoms with Crippen LogP contribution >= 0.6 is 0 Å². The van der Waals surface area contributed by atoms with E-state index in [1.165, 1.54) is 33.0 Å². The molecule has 2 saturated heterocycles. The Kier molecular flexibility index (Phi) is 13.2. The number of ether oxygens (including phenoxy) is 4. The highest BCUT2D eigenvalue weighted by Crippen LogP contribution is 2.50. The van der Waals surface area contributed by atoms with Crippen LogP contribution in [0.5, 0.6) is 11.5 Å². The van der Waals surface area contributed by atoms with E-state index in [1.807, 2.05) is 0 Å². The van der Waals surface area contributed by atoms with Crippen LogP contribution in [0.25, 0.3) is 11.2 Å². The van der Waals surface area contributed by atoms with E-state index < -0.39 is 53.3 Å². The van der Waals surface area contributed by atoms with Gasteiger partial charge in [0.05, 0.1) is 33.8 Å². The normalized spacial score (nSPS) is 20.8. The van der Waals surface area contributed by atoms with Crippen molar-refractivity contribution in [3.8, 4) is 11.5 Å². The van der Waals surface area contributed by atoms with Crippen LogP contribution in [0.4, 0.5) is 5.82 Å². The minimum Gasteiger partial charge on any atom is -0.497 e. The van der Waals surface area contributed by atoms with Gasteiger partial charge in [-0.25, -0.2) is 24.6 Å². The topological polar surface area (TPSA) is 163 Å². The lowest BCUT2D eigenvalue weighted by Crippen LogP contribution is -2.65. The number of aromatic nitrogens is 4. The van der Waals surface area contributed by atoms with Crippen molar-refractivity contribution in [2.24, 2.45) is 0 Å². The molecule has 0 unspecified atom stereocenters. The summed E-state index contributed by atoms with van der Waals surface area (Å²) in [5, 5.41) is 0. The number of amides is 2. The highest BCUT2D eigenvalue weighted by Gasteiger charge is 2.61. The van der Waals surface area contributed by atoms with Gasteiger partial charge in [-0.1, -0.05) is 55.4 Å². The SMILES string of the molecule is CCOC(=O)/C=C1/[C@H](n2cnc3c(N(C(=O)c4ccc(OC)cc4)C(=O)c4ccc(OC)cc4)ncnc32)O[C@@H]2CO[Si](C(C)C)(C(C)C)O[Si](C(C)C)(C(C)C)O[C@@H]12. The summed E-state index contributed by atoms with van der Waals surface area (Å²) in [6.45, 7) is 19.1. The van der Waals surface area contributed by atoms with E-state index in [0.29, 0.717) is 17.1 Å². The fourth-order valence-electron chi connectivity index (χ4n) is 7.95. The molecule has 2 amide bonds. The third-order valence-corrected chi connectivity index (χ3v) is 21.3. The molecule has 2 aliphatic heterocycles. The first-order chi connectivity index (χ1) is 28.1. The van der Waals surface area contributed by atoms with Crippen LogP contribution in [-0.2, 0) is 27.2 Å². The number of carbonyl (C=O) groups excluding carboxylic acids is 3. The standard InChI is InChI=1S/C42H55N5O10Si2/c1-12-53-35(48)21-33-37-34(22-54-58(25(2)3,26(4)5)57-59(56-37,27(6)7)28(8)9)55-42(33)46-24-45-36-38(46)43-23-44-39(36)47(40(49)29-13-17-31(51-10)18-14-29)41(50)30-15-19-32(52-11)20-16-30/h13-21,23-28,34,37,42H,12,22H2,1-11H3/b33-21+/t34-,37+,42-/m1/s1. The third-order valence-electron chi connectivity index (χ3n) is 11.0. The summed E-state index contributed by atoms with van der Waals surface area (Å²) in [4.78, 5) is 56.9. The maximum atomic E-state index is 14.4. The Bertz CT molecular complexity index is 2100. The van der Waals surface area contributed by atoms with Gasteiger partial charge in [-0.3, -0.25) is 14.2 Å². The molecule has 17 heteroatoms.